The number of nitrogens with one attached hydrogen (secondary N) is 2. The summed E-state index contributed by atoms with van der Waals surface area (Å²) in [5, 5.41) is 14.9. The predicted octanol–water partition coefficient (Wildman–Crippen LogP) is 0.495. The molecular formula is C13H14N2O5S. The number of urea groups is 1. The molecule has 0 bridgehead atoms. The summed E-state index contributed by atoms with van der Waals surface area (Å²) in [7, 11) is -3.20. The molecule has 8 heteroatoms. The predicted molar refractivity (Wildman–Crippen MR) is 75.5 cm³/mol. The van der Waals surface area contributed by atoms with E-state index in [4.69, 9.17) is 5.11 Å². The smallest absolute Gasteiger partial charge is 0.335 e. The molecule has 0 radical (unpaired) electrons. The second-order valence-electron chi connectivity index (χ2n) is 4.59. The Hall–Kier alpha value is -2.35. The molecule has 2 rings (SSSR count). The Morgan fingerprint density at radius 1 is 1.24 bits per heavy atom. The average Bonchev–Trinajstić information content (AvgIpc) is 2.76. The molecular weight excluding hydrogens is 296 g/mol. The van der Waals surface area contributed by atoms with E-state index < -0.39 is 27.9 Å². The summed E-state index contributed by atoms with van der Waals surface area (Å²) in [6.45, 7) is 0.217. The third-order valence-corrected chi connectivity index (χ3v) is 4.30. The lowest BCUT2D eigenvalue weighted by Crippen LogP contribution is -2.42. The maximum absolute atomic E-state index is 11.6. The van der Waals surface area contributed by atoms with Gasteiger partial charge < -0.3 is 15.7 Å². The van der Waals surface area contributed by atoms with E-state index in [1.807, 2.05) is 0 Å². The minimum atomic E-state index is -3.20. The van der Waals surface area contributed by atoms with Crippen LogP contribution in [0.1, 0.15) is 15.9 Å². The Bertz CT molecular complexity index is 679. The molecule has 1 aromatic carbocycles. The molecule has 0 saturated heterocycles. The molecule has 0 aliphatic carbocycles. The van der Waals surface area contributed by atoms with Gasteiger partial charge in [-0.1, -0.05) is 12.1 Å². The van der Waals surface area contributed by atoms with Crippen molar-refractivity contribution < 1.29 is 23.1 Å². The van der Waals surface area contributed by atoms with Crippen LogP contribution >= 0.6 is 0 Å². The van der Waals surface area contributed by atoms with Gasteiger partial charge in [0.1, 0.15) is 0 Å². The minimum absolute atomic E-state index is 0.131. The first kappa shape index (κ1) is 15.0. The minimum Gasteiger partial charge on any atom is -0.478 e. The molecule has 112 valence electrons. The van der Waals surface area contributed by atoms with Crippen LogP contribution in [0.2, 0.25) is 0 Å². The SMILES string of the molecule is O=C(NCc1ccc(C(=O)O)cc1)NC1C=CS(=O)(=O)C1. The fourth-order valence-electron chi connectivity index (χ4n) is 1.83. The Kier molecular flexibility index (Phi) is 4.27. The molecule has 1 unspecified atom stereocenters. The highest BCUT2D eigenvalue weighted by atomic mass is 32.2. The molecule has 7 nitrogen and oxygen atoms in total. The van der Waals surface area contributed by atoms with Gasteiger partial charge in [0, 0.05) is 12.0 Å². The number of hydrogen-bond acceptors (Lipinski definition) is 4. The number of carbonyl (C=O) groups is 2. The summed E-state index contributed by atoms with van der Waals surface area (Å²) in [5.74, 6) is -1.14. The number of amides is 2. The molecule has 3 N–H and O–H groups in total. The molecule has 1 aliphatic rings. The van der Waals surface area contributed by atoms with Crippen molar-refractivity contribution in [1.82, 2.24) is 10.6 Å². The molecule has 1 aliphatic heterocycles. The van der Waals surface area contributed by atoms with Gasteiger partial charge in [0.2, 0.25) is 0 Å². The lowest BCUT2D eigenvalue weighted by Gasteiger charge is -2.11. The highest BCUT2D eigenvalue weighted by Gasteiger charge is 2.22. The van der Waals surface area contributed by atoms with Crippen molar-refractivity contribution in [3.63, 3.8) is 0 Å². The highest BCUT2D eigenvalue weighted by Crippen LogP contribution is 2.08. The van der Waals surface area contributed by atoms with Crippen LogP contribution in [0.4, 0.5) is 4.79 Å². The van der Waals surface area contributed by atoms with Crippen LogP contribution in [0.5, 0.6) is 0 Å². The normalized spacial score (nSPS) is 19.1. The fourth-order valence-corrected chi connectivity index (χ4v) is 3.07. The van der Waals surface area contributed by atoms with Crippen LogP contribution < -0.4 is 10.6 Å². The first-order valence-corrected chi connectivity index (χ1v) is 7.85. The molecule has 21 heavy (non-hydrogen) atoms. The maximum Gasteiger partial charge on any atom is 0.335 e. The number of hydrogen-bond donors (Lipinski definition) is 3. The number of carboxylic acids is 1. The number of carboxylic acid groups (broad SMARTS) is 1. The second kappa shape index (κ2) is 5.96. The average molecular weight is 310 g/mol. The Labute approximate surface area is 121 Å². The van der Waals surface area contributed by atoms with Crippen molar-refractivity contribution in [2.45, 2.75) is 12.6 Å². The van der Waals surface area contributed by atoms with E-state index >= 15 is 0 Å². The molecule has 0 aromatic heterocycles. The van der Waals surface area contributed by atoms with Gasteiger partial charge in [-0.3, -0.25) is 0 Å². The van der Waals surface area contributed by atoms with Crippen LogP contribution in [0.3, 0.4) is 0 Å². The number of aromatic carboxylic acids is 1. The standard InChI is InChI=1S/C13H14N2O5S/c16-12(17)10-3-1-9(2-4-10)7-14-13(18)15-11-5-6-21(19,20)8-11/h1-6,11H,7-8H2,(H,16,17)(H2,14,15,18). The summed E-state index contributed by atoms with van der Waals surface area (Å²) in [4.78, 5) is 22.3. The van der Waals surface area contributed by atoms with Gasteiger partial charge in [0.25, 0.3) is 0 Å². The summed E-state index contributed by atoms with van der Waals surface area (Å²) < 4.78 is 22.4. The van der Waals surface area contributed by atoms with E-state index in [2.05, 4.69) is 10.6 Å². The zero-order valence-corrected chi connectivity index (χ0v) is 11.8. The first-order chi connectivity index (χ1) is 9.85. The maximum atomic E-state index is 11.6. The van der Waals surface area contributed by atoms with Crippen molar-refractivity contribution in [3.8, 4) is 0 Å². The zero-order chi connectivity index (χ0) is 15.5. The van der Waals surface area contributed by atoms with Crippen LogP contribution in [-0.2, 0) is 16.4 Å². The first-order valence-electron chi connectivity index (χ1n) is 6.13. The molecule has 2 amide bonds. The number of carbonyl (C=O) groups excluding carboxylic acids is 1. The molecule has 1 atom stereocenters. The Balaban J connectivity index is 1.82. The third kappa shape index (κ3) is 4.32. The van der Waals surface area contributed by atoms with Crippen molar-refractivity contribution in [1.29, 1.82) is 0 Å². The van der Waals surface area contributed by atoms with Gasteiger partial charge in [0.05, 0.1) is 17.4 Å². The van der Waals surface area contributed by atoms with Gasteiger partial charge in [-0.25, -0.2) is 18.0 Å². The van der Waals surface area contributed by atoms with Crippen molar-refractivity contribution in [2.24, 2.45) is 0 Å². The molecule has 0 fully saturated rings. The molecule has 0 spiro atoms. The van der Waals surface area contributed by atoms with Gasteiger partial charge in [-0.15, -0.1) is 0 Å². The third-order valence-electron chi connectivity index (χ3n) is 2.90. The number of rotatable bonds is 4. The van der Waals surface area contributed by atoms with Crippen molar-refractivity contribution in [2.75, 3.05) is 5.75 Å². The van der Waals surface area contributed by atoms with E-state index in [-0.39, 0.29) is 17.9 Å². The second-order valence-corrected chi connectivity index (χ2v) is 6.52. The summed E-state index contributed by atoms with van der Waals surface area (Å²) in [5.41, 5.74) is 0.911. The van der Waals surface area contributed by atoms with Crippen LogP contribution in [0, 0.1) is 0 Å². The summed E-state index contributed by atoms with van der Waals surface area (Å²) in [6.07, 6.45) is 1.43. The van der Waals surface area contributed by atoms with Gasteiger partial charge >= 0.3 is 12.0 Å². The van der Waals surface area contributed by atoms with Crippen LogP contribution in [0.15, 0.2) is 35.7 Å². The highest BCUT2D eigenvalue weighted by molar-refractivity contribution is 7.94. The summed E-state index contributed by atoms with van der Waals surface area (Å²) in [6, 6.07) is 5.09. The topological polar surface area (TPSA) is 113 Å². The van der Waals surface area contributed by atoms with Crippen LogP contribution in [-0.4, -0.2) is 37.3 Å². The van der Waals surface area contributed by atoms with Gasteiger partial charge in [-0.05, 0) is 23.8 Å². The molecule has 0 saturated carbocycles. The van der Waals surface area contributed by atoms with E-state index in [1.165, 1.54) is 18.2 Å². The number of benzene rings is 1. The monoisotopic (exact) mass is 310 g/mol. The van der Waals surface area contributed by atoms with Gasteiger partial charge in [-0.2, -0.15) is 0 Å². The van der Waals surface area contributed by atoms with Crippen molar-refractivity contribution >= 4 is 21.8 Å². The van der Waals surface area contributed by atoms with Crippen molar-refractivity contribution in [3.05, 3.63) is 46.9 Å². The van der Waals surface area contributed by atoms with Gasteiger partial charge in [0.15, 0.2) is 9.84 Å². The van der Waals surface area contributed by atoms with Crippen LogP contribution in [0.25, 0.3) is 0 Å². The largest absolute Gasteiger partial charge is 0.478 e. The Morgan fingerprint density at radius 3 is 2.43 bits per heavy atom. The Morgan fingerprint density at radius 2 is 1.90 bits per heavy atom. The summed E-state index contributed by atoms with van der Waals surface area (Å²) >= 11 is 0. The fraction of sp³-hybridized carbons (Fsp3) is 0.231. The zero-order valence-electron chi connectivity index (χ0n) is 10.9. The quantitative estimate of drug-likeness (QED) is 0.749. The number of sulfone groups is 1. The van der Waals surface area contributed by atoms with E-state index in [9.17, 15) is 18.0 Å². The lowest BCUT2D eigenvalue weighted by atomic mass is 10.1. The van der Waals surface area contributed by atoms with E-state index in [1.54, 1.807) is 12.1 Å². The van der Waals surface area contributed by atoms with E-state index in [0.29, 0.717) is 0 Å². The lowest BCUT2D eigenvalue weighted by molar-refractivity contribution is 0.0697. The molecule has 1 heterocycles. The van der Waals surface area contributed by atoms with E-state index in [0.717, 1.165) is 11.0 Å². The molecule has 1 aromatic rings.